The van der Waals surface area contributed by atoms with Gasteiger partial charge in [-0.2, -0.15) is 5.26 Å². The number of carbonyl (C=O) groups excluding carboxylic acids is 3. The summed E-state index contributed by atoms with van der Waals surface area (Å²) < 4.78 is 1.05. The third-order valence-electron chi connectivity index (χ3n) is 3.37. The van der Waals surface area contributed by atoms with Crippen LogP contribution in [0.5, 0.6) is 0 Å². The molecule has 1 aromatic carbocycles. The minimum absolute atomic E-state index is 0.0913. The summed E-state index contributed by atoms with van der Waals surface area (Å²) in [6, 6.07) is 7.39. The van der Waals surface area contributed by atoms with Gasteiger partial charge >= 0.3 is 0 Å². The fourth-order valence-corrected chi connectivity index (χ4v) is 3.45. The van der Waals surface area contributed by atoms with Gasteiger partial charge in [-0.15, -0.1) is 0 Å². The van der Waals surface area contributed by atoms with Crippen LogP contribution in [-0.4, -0.2) is 40.8 Å². The van der Waals surface area contributed by atoms with Gasteiger partial charge in [0.15, 0.2) is 0 Å². The highest BCUT2D eigenvalue weighted by Gasteiger charge is 2.28. The standard InChI is InChI=1S/C16H15IN4O3S/c1-10-6-12(17)2-3-13(10)20-15(23)11(7-18)8-19-4-5-21-14(22)9-25-16(21)24/h2-3,6,8,19H,4-5,9H2,1H3,(H,20,23)/b11-8-. The van der Waals surface area contributed by atoms with Crippen molar-refractivity contribution in [1.82, 2.24) is 10.2 Å². The predicted molar refractivity (Wildman–Crippen MR) is 104 cm³/mol. The van der Waals surface area contributed by atoms with Crippen LogP contribution in [0.3, 0.4) is 0 Å². The van der Waals surface area contributed by atoms with Crippen molar-refractivity contribution in [3.8, 4) is 6.07 Å². The Kier molecular flexibility index (Phi) is 6.83. The van der Waals surface area contributed by atoms with Crippen molar-refractivity contribution in [2.75, 3.05) is 24.2 Å². The Morgan fingerprint density at radius 3 is 2.84 bits per heavy atom. The molecule has 0 aromatic heterocycles. The van der Waals surface area contributed by atoms with Gasteiger partial charge in [-0.05, 0) is 53.3 Å². The normalized spacial score (nSPS) is 14.4. The Morgan fingerprint density at radius 1 is 1.48 bits per heavy atom. The quantitative estimate of drug-likeness (QED) is 0.286. The first kappa shape index (κ1) is 19.3. The number of imide groups is 1. The van der Waals surface area contributed by atoms with E-state index in [2.05, 4.69) is 33.2 Å². The summed E-state index contributed by atoms with van der Waals surface area (Å²) in [6.07, 6.45) is 1.29. The van der Waals surface area contributed by atoms with Gasteiger partial charge in [0.05, 0.1) is 5.75 Å². The second-order valence-corrected chi connectivity index (χ2v) is 7.31. The number of anilines is 1. The van der Waals surface area contributed by atoms with E-state index in [9.17, 15) is 14.4 Å². The first-order chi connectivity index (χ1) is 11.9. The summed E-state index contributed by atoms with van der Waals surface area (Å²) in [5.41, 5.74) is 1.44. The highest BCUT2D eigenvalue weighted by molar-refractivity contribution is 14.1. The maximum Gasteiger partial charge on any atom is 0.288 e. The number of carbonyl (C=O) groups is 3. The van der Waals surface area contributed by atoms with E-state index >= 15 is 0 Å². The number of thioether (sulfide) groups is 1. The summed E-state index contributed by atoms with van der Waals surface area (Å²) in [7, 11) is 0. The first-order valence-corrected chi connectivity index (χ1v) is 9.37. The fourth-order valence-electron chi connectivity index (χ4n) is 2.05. The van der Waals surface area contributed by atoms with Crippen LogP contribution in [-0.2, 0) is 9.59 Å². The highest BCUT2D eigenvalue weighted by atomic mass is 127. The molecule has 0 radical (unpaired) electrons. The molecule has 1 saturated heterocycles. The molecule has 130 valence electrons. The molecule has 2 rings (SSSR count). The van der Waals surface area contributed by atoms with E-state index in [1.54, 1.807) is 6.07 Å². The smallest absolute Gasteiger partial charge is 0.288 e. The molecule has 0 aliphatic carbocycles. The largest absolute Gasteiger partial charge is 0.388 e. The van der Waals surface area contributed by atoms with Crippen molar-refractivity contribution in [3.05, 3.63) is 39.1 Å². The Hall–Kier alpha value is -2.06. The monoisotopic (exact) mass is 470 g/mol. The Labute approximate surface area is 163 Å². The Balaban J connectivity index is 1.90. The van der Waals surface area contributed by atoms with E-state index in [1.807, 2.05) is 25.1 Å². The van der Waals surface area contributed by atoms with Crippen molar-refractivity contribution < 1.29 is 14.4 Å². The van der Waals surface area contributed by atoms with Gasteiger partial charge in [-0.3, -0.25) is 19.3 Å². The van der Waals surface area contributed by atoms with Crippen LogP contribution in [0.1, 0.15) is 5.56 Å². The van der Waals surface area contributed by atoms with Crippen LogP contribution >= 0.6 is 34.4 Å². The minimum Gasteiger partial charge on any atom is -0.388 e. The molecular weight excluding hydrogens is 455 g/mol. The minimum atomic E-state index is -0.525. The zero-order chi connectivity index (χ0) is 18.4. The van der Waals surface area contributed by atoms with E-state index in [-0.39, 0.29) is 35.6 Å². The molecule has 7 nitrogen and oxygen atoms in total. The third-order valence-corrected chi connectivity index (χ3v) is 4.90. The van der Waals surface area contributed by atoms with Gasteiger partial charge in [-0.1, -0.05) is 11.8 Å². The molecule has 1 heterocycles. The second-order valence-electron chi connectivity index (χ2n) is 5.14. The van der Waals surface area contributed by atoms with Crippen LogP contribution in [0.25, 0.3) is 0 Å². The molecule has 1 aliphatic rings. The summed E-state index contributed by atoms with van der Waals surface area (Å²) in [6.45, 7) is 2.32. The SMILES string of the molecule is Cc1cc(I)ccc1NC(=O)/C(C#N)=C\NCCN1C(=O)CSC1=O. The molecule has 1 aliphatic heterocycles. The van der Waals surface area contributed by atoms with Crippen molar-refractivity contribution >= 4 is 57.1 Å². The van der Waals surface area contributed by atoms with Crippen LogP contribution in [0.2, 0.25) is 0 Å². The summed E-state index contributed by atoms with van der Waals surface area (Å²) in [5, 5.41) is 14.3. The van der Waals surface area contributed by atoms with Crippen molar-refractivity contribution in [2.24, 2.45) is 0 Å². The number of hydrogen-bond acceptors (Lipinski definition) is 6. The number of nitrogens with one attached hydrogen (secondary N) is 2. The lowest BCUT2D eigenvalue weighted by molar-refractivity contribution is -0.124. The maximum absolute atomic E-state index is 12.2. The summed E-state index contributed by atoms with van der Waals surface area (Å²) in [5.74, 6) is -0.591. The molecule has 0 atom stereocenters. The van der Waals surface area contributed by atoms with Gasteiger partial charge < -0.3 is 10.6 Å². The van der Waals surface area contributed by atoms with Crippen LogP contribution in [0.4, 0.5) is 10.5 Å². The molecule has 0 saturated carbocycles. The first-order valence-electron chi connectivity index (χ1n) is 7.30. The van der Waals surface area contributed by atoms with E-state index < -0.39 is 5.91 Å². The zero-order valence-electron chi connectivity index (χ0n) is 13.3. The molecule has 0 unspecified atom stereocenters. The average Bonchev–Trinajstić information content (AvgIpc) is 2.89. The Bertz CT molecular complexity index is 772. The number of benzene rings is 1. The van der Waals surface area contributed by atoms with Gasteiger partial charge in [0.1, 0.15) is 11.6 Å². The molecule has 0 spiro atoms. The average molecular weight is 470 g/mol. The number of aryl methyl sites for hydroxylation is 1. The predicted octanol–water partition coefficient (Wildman–Crippen LogP) is 2.23. The van der Waals surface area contributed by atoms with Crippen LogP contribution in [0.15, 0.2) is 30.0 Å². The molecular formula is C16H15IN4O3S. The fraction of sp³-hybridized carbons (Fsp3) is 0.250. The van der Waals surface area contributed by atoms with Gasteiger partial charge in [-0.25, -0.2) is 0 Å². The second kappa shape index (κ2) is 8.87. The van der Waals surface area contributed by atoms with Crippen molar-refractivity contribution in [3.63, 3.8) is 0 Å². The molecule has 2 N–H and O–H groups in total. The topological polar surface area (TPSA) is 102 Å². The van der Waals surface area contributed by atoms with Crippen LogP contribution in [0, 0.1) is 21.8 Å². The maximum atomic E-state index is 12.2. The molecule has 25 heavy (non-hydrogen) atoms. The van der Waals surface area contributed by atoms with E-state index in [1.165, 1.54) is 6.20 Å². The number of nitriles is 1. The third kappa shape index (κ3) is 5.20. The lowest BCUT2D eigenvalue weighted by Gasteiger charge is -2.12. The molecule has 1 fully saturated rings. The molecule has 3 amide bonds. The van der Waals surface area contributed by atoms with Gasteiger partial charge in [0.2, 0.25) is 5.91 Å². The number of nitrogens with zero attached hydrogens (tertiary/aromatic N) is 2. The van der Waals surface area contributed by atoms with E-state index in [0.717, 1.165) is 25.8 Å². The number of hydrogen-bond donors (Lipinski definition) is 2. The van der Waals surface area contributed by atoms with Gasteiger partial charge in [0.25, 0.3) is 11.1 Å². The molecule has 0 bridgehead atoms. The number of amides is 3. The number of halogens is 1. The summed E-state index contributed by atoms with van der Waals surface area (Å²) >= 11 is 3.15. The Morgan fingerprint density at radius 2 is 2.24 bits per heavy atom. The lowest BCUT2D eigenvalue weighted by atomic mass is 10.2. The molecule has 1 aromatic rings. The zero-order valence-corrected chi connectivity index (χ0v) is 16.3. The lowest BCUT2D eigenvalue weighted by Crippen LogP contribution is -2.34. The van der Waals surface area contributed by atoms with Crippen molar-refractivity contribution in [1.29, 1.82) is 5.26 Å². The van der Waals surface area contributed by atoms with Crippen LogP contribution < -0.4 is 10.6 Å². The highest BCUT2D eigenvalue weighted by Crippen LogP contribution is 2.19. The van der Waals surface area contributed by atoms with Crippen molar-refractivity contribution in [2.45, 2.75) is 6.92 Å². The van der Waals surface area contributed by atoms with Gasteiger partial charge in [0, 0.05) is 28.5 Å². The van der Waals surface area contributed by atoms with E-state index in [4.69, 9.17) is 5.26 Å². The molecule has 9 heteroatoms. The van der Waals surface area contributed by atoms with E-state index in [0.29, 0.717) is 5.69 Å². The number of rotatable bonds is 6. The summed E-state index contributed by atoms with van der Waals surface area (Å²) in [4.78, 5) is 36.2.